The number of hydrogen-bond acceptors (Lipinski definition) is 5. The summed E-state index contributed by atoms with van der Waals surface area (Å²) >= 11 is 0. The van der Waals surface area contributed by atoms with E-state index in [2.05, 4.69) is 10.2 Å². The second kappa shape index (κ2) is 7.68. The molecule has 0 aromatic rings. The fourth-order valence-electron chi connectivity index (χ4n) is 2.07. The molecule has 1 saturated heterocycles. The predicted octanol–water partition coefficient (Wildman–Crippen LogP) is -1.31. The Hall–Kier alpha value is -0.690. The highest BCUT2D eigenvalue weighted by Crippen LogP contribution is 2.09. The predicted molar refractivity (Wildman–Crippen MR) is 67.0 cm³/mol. The number of amides is 1. The van der Waals surface area contributed by atoms with Crippen molar-refractivity contribution in [2.24, 2.45) is 0 Å². The molecule has 106 valence electrons. The Labute approximate surface area is 108 Å². The maximum absolute atomic E-state index is 11.7. The van der Waals surface area contributed by atoms with Gasteiger partial charge in [-0.05, 0) is 25.9 Å². The van der Waals surface area contributed by atoms with Crippen LogP contribution in [0.2, 0.25) is 0 Å². The summed E-state index contributed by atoms with van der Waals surface area (Å²) < 4.78 is 0. The van der Waals surface area contributed by atoms with Crippen molar-refractivity contribution in [2.75, 3.05) is 39.5 Å². The number of carbonyl (C=O) groups excluding carboxylic acids is 1. The molecule has 0 saturated carbocycles. The Morgan fingerprint density at radius 2 is 1.61 bits per heavy atom. The smallest absolute Gasteiger partial charge is 0.221 e. The highest BCUT2D eigenvalue weighted by atomic mass is 16.3. The molecule has 0 bridgehead atoms. The van der Waals surface area contributed by atoms with E-state index in [1.807, 2.05) is 0 Å². The Morgan fingerprint density at radius 3 is 2.11 bits per heavy atom. The van der Waals surface area contributed by atoms with Crippen molar-refractivity contribution in [3.63, 3.8) is 0 Å². The van der Waals surface area contributed by atoms with Gasteiger partial charge in [0.05, 0.1) is 19.8 Å². The normalized spacial score (nSPS) is 17.7. The van der Waals surface area contributed by atoms with Gasteiger partial charge in [-0.2, -0.15) is 0 Å². The first-order chi connectivity index (χ1) is 8.65. The average molecular weight is 260 g/mol. The molecule has 0 aromatic heterocycles. The van der Waals surface area contributed by atoms with Crippen LogP contribution in [0.15, 0.2) is 0 Å². The molecule has 1 rings (SSSR count). The van der Waals surface area contributed by atoms with Gasteiger partial charge in [0, 0.05) is 13.0 Å². The lowest BCUT2D eigenvalue weighted by atomic mass is 10.0. The Kier molecular flexibility index (Phi) is 6.56. The number of aliphatic hydroxyl groups is 3. The molecule has 0 aliphatic carbocycles. The minimum Gasteiger partial charge on any atom is -0.394 e. The standard InChI is InChI=1S/C12H24N2O4/c15-8-12(9-16,10-17)13-11(18)4-7-14-5-2-1-3-6-14/h15-17H,1-10H2,(H,13,18). The van der Waals surface area contributed by atoms with E-state index in [1.165, 1.54) is 19.3 Å². The molecule has 6 heteroatoms. The Morgan fingerprint density at radius 1 is 1.06 bits per heavy atom. The van der Waals surface area contributed by atoms with E-state index in [1.54, 1.807) is 0 Å². The van der Waals surface area contributed by atoms with Crippen LogP contribution in [0.25, 0.3) is 0 Å². The quantitative estimate of drug-likeness (QED) is 0.456. The number of carbonyl (C=O) groups is 1. The molecule has 1 aliphatic heterocycles. The lowest BCUT2D eigenvalue weighted by molar-refractivity contribution is -0.125. The molecule has 6 nitrogen and oxygen atoms in total. The van der Waals surface area contributed by atoms with Crippen LogP contribution in [-0.4, -0.2) is 71.1 Å². The molecule has 0 radical (unpaired) electrons. The summed E-state index contributed by atoms with van der Waals surface area (Å²) in [7, 11) is 0. The van der Waals surface area contributed by atoms with E-state index in [-0.39, 0.29) is 5.91 Å². The fourth-order valence-corrected chi connectivity index (χ4v) is 2.07. The summed E-state index contributed by atoms with van der Waals surface area (Å²) in [6, 6.07) is 0. The molecule has 4 N–H and O–H groups in total. The average Bonchev–Trinajstić information content (AvgIpc) is 2.44. The van der Waals surface area contributed by atoms with Crippen molar-refractivity contribution in [2.45, 2.75) is 31.2 Å². The van der Waals surface area contributed by atoms with Crippen LogP contribution in [0.4, 0.5) is 0 Å². The molecule has 0 atom stereocenters. The second-order valence-corrected chi connectivity index (χ2v) is 4.96. The summed E-state index contributed by atoms with van der Waals surface area (Å²) in [5, 5.41) is 29.8. The zero-order valence-electron chi connectivity index (χ0n) is 10.8. The van der Waals surface area contributed by atoms with Crippen molar-refractivity contribution < 1.29 is 20.1 Å². The topological polar surface area (TPSA) is 93.0 Å². The lowest BCUT2D eigenvalue weighted by Gasteiger charge is -2.30. The molecule has 1 amide bonds. The Balaban J connectivity index is 2.31. The van der Waals surface area contributed by atoms with Gasteiger partial charge >= 0.3 is 0 Å². The molecule has 1 aliphatic rings. The van der Waals surface area contributed by atoms with Gasteiger partial charge in [0.1, 0.15) is 5.54 Å². The van der Waals surface area contributed by atoms with Crippen molar-refractivity contribution in [3.8, 4) is 0 Å². The van der Waals surface area contributed by atoms with Crippen molar-refractivity contribution >= 4 is 5.91 Å². The molecule has 0 unspecified atom stereocenters. The monoisotopic (exact) mass is 260 g/mol. The van der Waals surface area contributed by atoms with E-state index in [0.717, 1.165) is 13.1 Å². The highest BCUT2D eigenvalue weighted by Gasteiger charge is 2.29. The third kappa shape index (κ3) is 4.53. The van der Waals surface area contributed by atoms with Crippen LogP contribution in [0.5, 0.6) is 0 Å². The van der Waals surface area contributed by atoms with Gasteiger partial charge in [0.2, 0.25) is 5.91 Å². The number of nitrogens with zero attached hydrogens (tertiary/aromatic N) is 1. The highest BCUT2D eigenvalue weighted by molar-refractivity contribution is 5.77. The largest absolute Gasteiger partial charge is 0.394 e. The summed E-state index contributed by atoms with van der Waals surface area (Å²) in [4.78, 5) is 13.9. The van der Waals surface area contributed by atoms with Gasteiger partial charge in [-0.3, -0.25) is 4.79 Å². The third-order valence-corrected chi connectivity index (χ3v) is 3.42. The first-order valence-corrected chi connectivity index (χ1v) is 6.52. The molecule has 18 heavy (non-hydrogen) atoms. The van der Waals surface area contributed by atoms with E-state index >= 15 is 0 Å². The van der Waals surface area contributed by atoms with Crippen molar-refractivity contribution in [3.05, 3.63) is 0 Å². The minimum absolute atomic E-state index is 0.252. The molecular weight excluding hydrogens is 236 g/mol. The van der Waals surface area contributed by atoms with E-state index in [0.29, 0.717) is 13.0 Å². The van der Waals surface area contributed by atoms with Gasteiger partial charge in [-0.1, -0.05) is 6.42 Å². The van der Waals surface area contributed by atoms with Gasteiger partial charge in [0.25, 0.3) is 0 Å². The first-order valence-electron chi connectivity index (χ1n) is 6.52. The molecule has 0 spiro atoms. The summed E-state index contributed by atoms with van der Waals surface area (Å²) in [5.74, 6) is -0.252. The van der Waals surface area contributed by atoms with Crippen LogP contribution in [0, 0.1) is 0 Å². The first kappa shape index (κ1) is 15.4. The van der Waals surface area contributed by atoms with Crippen LogP contribution in [0.3, 0.4) is 0 Å². The van der Waals surface area contributed by atoms with Crippen molar-refractivity contribution in [1.29, 1.82) is 0 Å². The third-order valence-electron chi connectivity index (χ3n) is 3.42. The van der Waals surface area contributed by atoms with Gasteiger partial charge < -0.3 is 25.5 Å². The molecular formula is C12H24N2O4. The maximum atomic E-state index is 11.7. The number of rotatable bonds is 7. The molecule has 1 heterocycles. The summed E-state index contributed by atoms with van der Waals surface area (Å²) in [5.41, 5.74) is -1.31. The summed E-state index contributed by atoms with van der Waals surface area (Å²) in [6.07, 6.45) is 3.93. The maximum Gasteiger partial charge on any atom is 0.221 e. The number of nitrogens with one attached hydrogen (secondary N) is 1. The van der Waals surface area contributed by atoms with E-state index in [9.17, 15) is 4.79 Å². The van der Waals surface area contributed by atoms with Crippen LogP contribution in [0.1, 0.15) is 25.7 Å². The van der Waals surface area contributed by atoms with Crippen LogP contribution < -0.4 is 5.32 Å². The van der Waals surface area contributed by atoms with Gasteiger partial charge in [-0.25, -0.2) is 0 Å². The van der Waals surface area contributed by atoms with Gasteiger partial charge in [-0.15, -0.1) is 0 Å². The molecule has 1 fully saturated rings. The zero-order valence-corrected chi connectivity index (χ0v) is 10.8. The number of piperidine rings is 1. The summed E-state index contributed by atoms with van der Waals surface area (Å²) in [6.45, 7) is 1.31. The van der Waals surface area contributed by atoms with Crippen LogP contribution in [-0.2, 0) is 4.79 Å². The molecule has 0 aromatic carbocycles. The van der Waals surface area contributed by atoms with Crippen molar-refractivity contribution in [1.82, 2.24) is 10.2 Å². The SMILES string of the molecule is O=C(CCN1CCCCC1)NC(CO)(CO)CO. The zero-order chi connectivity index (χ0) is 13.4. The second-order valence-electron chi connectivity index (χ2n) is 4.96. The van der Waals surface area contributed by atoms with E-state index < -0.39 is 25.4 Å². The minimum atomic E-state index is -1.31. The lowest BCUT2D eigenvalue weighted by Crippen LogP contribution is -2.57. The van der Waals surface area contributed by atoms with Gasteiger partial charge in [0.15, 0.2) is 0 Å². The number of hydrogen-bond donors (Lipinski definition) is 4. The van der Waals surface area contributed by atoms with Crippen LogP contribution >= 0.6 is 0 Å². The number of aliphatic hydroxyl groups excluding tert-OH is 3. The number of likely N-dealkylation sites (tertiary alicyclic amines) is 1. The fraction of sp³-hybridized carbons (Fsp3) is 0.917. The Bertz CT molecular complexity index is 242. The van der Waals surface area contributed by atoms with E-state index in [4.69, 9.17) is 15.3 Å².